The highest BCUT2D eigenvalue weighted by atomic mass is 35.5. The summed E-state index contributed by atoms with van der Waals surface area (Å²) < 4.78 is 18.3. The normalized spacial score (nSPS) is 10.2. The molecule has 0 unspecified atom stereocenters. The van der Waals surface area contributed by atoms with Crippen LogP contribution in [-0.2, 0) is 16.0 Å². The molecule has 5 nitrogen and oxygen atoms in total. The van der Waals surface area contributed by atoms with E-state index in [9.17, 15) is 14.0 Å². The van der Waals surface area contributed by atoms with Crippen molar-refractivity contribution < 1.29 is 18.7 Å². The number of nitrogen functional groups attached to an aromatic ring is 1. The second-order valence-electron chi connectivity index (χ2n) is 5.00. The lowest BCUT2D eigenvalue weighted by Gasteiger charge is -2.08. The summed E-state index contributed by atoms with van der Waals surface area (Å²) in [4.78, 5) is 23.5. The van der Waals surface area contributed by atoms with E-state index in [4.69, 9.17) is 22.1 Å². The van der Waals surface area contributed by atoms with E-state index in [0.717, 1.165) is 0 Å². The Morgan fingerprint density at radius 1 is 1.21 bits per heavy atom. The molecule has 0 aliphatic carbocycles. The number of carbonyl (C=O) groups excluding carboxylic acids is 2. The summed E-state index contributed by atoms with van der Waals surface area (Å²) in [6.45, 7) is -0.224. The predicted molar refractivity (Wildman–Crippen MR) is 89.3 cm³/mol. The fourth-order valence-electron chi connectivity index (χ4n) is 2.00. The van der Waals surface area contributed by atoms with Crippen molar-refractivity contribution in [2.75, 3.05) is 18.9 Å². The molecule has 0 fully saturated rings. The number of nitrogens with one attached hydrogen (secondary N) is 1. The fraction of sp³-hybridized carbons (Fsp3) is 0.176. The Bertz CT molecular complexity index is 752. The van der Waals surface area contributed by atoms with Gasteiger partial charge in [0, 0.05) is 17.3 Å². The second kappa shape index (κ2) is 8.31. The standard InChI is InChI=1S/C17H16ClFN2O3/c18-12-5-6-15(20)13(9-12)17(23)24-10-16(22)21-8-7-11-3-1-2-4-14(11)19/h1-6,9H,7-8,10,20H2,(H,21,22). The first-order valence-corrected chi connectivity index (χ1v) is 7.57. The number of carbonyl (C=O) groups is 2. The second-order valence-corrected chi connectivity index (χ2v) is 5.44. The summed E-state index contributed by atoms with van der Waals surface area (Å²) in [6.07, 6.45) is 0.341. The summed E-state index contributed by atoms with van der Waals surface area (Å²) in [5, 5.41) is 2.89. The van der Waals surface area contributed by atoms with Gasteiger partial charge in [0.15, 0.2) is 6.61 Å². The SMILES string of the molecule is Nc1ccc(Cl)cc1C(=O)OCC(=O)NCCc1ccccc1F. The smallest absolute Gasteiger partial charge is 0.340 e. The molecule has 2 aromatic carbocycles. The minimum atomic E-state index is -0.737. The molecule has 24 heavy (non-hydrogen) atoms. The molecule has 0 saturated carbocycles. The summed E-state index contributed by atoms with van der Waals surface area (Å²) in [5.41, 5.74) is 6.47. The number of benzene rings is 2. The number of halogens is 2. The number of hydrogen-bond donors (Lipinski definition) is 2. The van der Waals surface area contributed by atoms with Gasteiger partial charge in [-0.15, -0.1) is 0 Å². The number of esters is 1. The van der Waals surface area contributed by atoms with Crippen LogP contribution in [0.4, 0.5) is 10.1 Å². The van der Waals surface area contributed by atoms with Gasteiger partial charge < -0.3 is 15.8 Å². The van der Waals surface area contributed by atoms with E-state index in [2.05, 4.69) is 5.32 Å². The lowest BCUT2D eigenvalue weighted by molar-refractivity contribution is -0.124. The Kier molecular flexibility index (Phi) is 6.14. The first-order chi connectivity index (χ1) is 11.5. The molecule has 0 radical (unpaired) electrons. The first-order valence-electron chi connectivity index (χ1n) is 7.19. The van der Waals surface area contributed by atoms with Crippen LogP contribution in [-0.4, -0.2) is 25.0 Å². The maximum absolute atomic E-state index is 13.4. The third kappa shape index (κ3) is 4.96. The van der Waals surface area contributed by atoms with Crippen molar-refractivity contribution in [2.45, 2.75) is 6.42 Å². The molecule has 0 saturated heterocycles. The zero-order valence-corrected chi connectivity index (χ0v) is 13.5. The third-order valence-electron chi connectivity index (χ3n) is 3.24. The van der Waals surface area contributed by atoms with Gasteiger partial charge in [-0.2, -0.15) is 0 Å². The zero-order chi connectivity index (χ0) is 17.5. The van der Waals surface area contributed by atoms with E-state index in [1.807, 2.05) is 0 Å². The van der Waals surface area contributed by atoms with Crippen LogP contribution in [0.5, 0.6) is 0 Å². The summed E-state index contributed by atoms with van der Waals surface area (Å²) in [6, 6.07) is 10.7. The van der Waals surface area contributed by atoms with E-state index in [-0.39, 0.29) is 23.6 Å². The number of hydrogen-bond acceptors (Lipinski definition) is 4. The van der Waals surface area contributed by atoms with Gasteiger partial charge in [0.05, 0.1) is 5.56 Å². The fourth-order valence-corrected chi connectivity index (χ4v) is 2.17. The lowest BCUT2D eigenvalue weighted by Crippen LogP contribution is -2.30. The van der Waals surface area contributed by atoms with E-state index in [0.29, 0.717) is 17.0 Å². The van der Waals surface area contributed by atoms with Gasteiger partial charge in [-0.25, -0.2) is 9.18 Å². The Hall–Kier alpha value is -2.60. The molecule has 0 bridgehead atoms. The topological polar surface area (TPSA) is 81.4 Å². The summed E-state index contributed by atoms with van der Waals surface area (Å²) in [7, 11) is 0. The zero-order valence-electron chi connectivity index (χ0n) is 12.7. The highest BCUT2D eigenvalue weighted by Gasteiger charge is 2.13. The molecule has 0 heterocycles. The van der Waals surface area contributed by atoms with Crippen LogP contribution < -0.4 is 11.1 Å². The molecule has 7 heteroatoms. The van der Waals surface area contributed by atoms with Crippen molar-refractivity contribution in [3.8, 4) is 0 Å². The van der Waals surface area contributed by atoms with E-state index in [1.165, 1.54) is 18.2 Å². The molecule has 0 spiro atoms. The van der Waals surface area contributed by atoms with Gasteiger partial charge in [-0.3, -0.25) is 4.79 Å². The van der Waals surface area contributed by atoms with Crippen LogP contribution in [0.25, 0.3) is 0 Å². The minimum Gasteiger partial charge on any atom is -0.452 e. The molecule has 0 aliphatic rings. The van der Waals surface area contributed by atoms with Gasteiger partial charge in [-0.1, -0.05) is 29.8 Å². The molecule has 126 valence electrons. The molecular formula is C17H16ClFN2O3. The van der Waals surface area contributed by atoms with Crippen molar-refractivity contribution in [2.24, 2.45) is 0 Å². The van der Waals surface area contributed by atoms with Crippen LogP contribution in [0.2, 0.25) is 5.02 Å². The third-order valence-corrected chi connectivity index (χ3v) is 3.48. The number of anilines is 1. The molecule has 2 rings (SSSR count). The Balaban J connectivity index is 1.78. The summed E-state index contributed by atoms with van der Waals surface area (Å²) >= 11 is 5.79. The Labute approximate surface area is 143 Å². The molecule has 3 N–H and O–H groups in total. The predicted octanol–water partition coefficient (Wildman–Crippen LogP) is 2.58. The number of amides is 1. The van der Waals surface area contributed by atoms with Crippen molar-refractivity contribution >= 4 is 29.2 Å². The van der Waals surface area contributed by atoms with Gasteiger partial charge in [0.1, 0.15) is 5.82 Å². The van der Waals surface area contributed by atoms with E-state index in [1.54, 1.807) is 24.3 Å². The van der Waals surface area contributed by atoms with E-state index >= 15 is 0 Å². The quantitative estimate of drug-likeness (QED) is 0.619. The number of rotatable bonds is 6. The van der Waals surface area contributed by atoms with E-state index < -0.39 is 18.5 Å². The molecule has 2 aromatic rings. The molecule has 0 atom stereocenters. The molecule has 0 aliphatic heterocycles. The van der Waals surface area contributed by atoms with Crippen LogP contribution in [0.3, 0.4) is 0 Å². The van der Waals surface area contributed by atoms with Crippen LogP contribution in [0, 0.1) is 5.82 Å². The van der Waals surface area contributed by atoms with Gasteiger partial charge >= 0.3 is 5.97 Å². The van der Waals surface area contributed by atoms with Crippen LogP contribution >= 0.6 is 11.6 Å². The van der Waals surface area contributed by atoms with Gasteiger partial charge in [-0.05, 0) is 36.2 Å². The first kappa shape index (κ1) is 17.7. The van der Waals surface area contributed by atoms with Crippen molar-refractivity contribution in [1.82, 2.24) is 5.32 Å². The highest BCUT2D eigenvalue weighted by Crippen LogP contribution is 2.18. The van der Waals surface area contributed by atoms with Crippen molar-refractivity contribution in [3.63, 3.8) is 0 Å². The molecule has 1 amide bonds. The van der Waals surface area contributed by atoms with Gasteiger partial charge in [0.25, 0.3) is 5.91 Å². The van der Waals surface area contributed by atoms with Gasteiger partial charge in [0.2, 0.25) is 0 Å². The lowest BCUT2D eigenvalue weighted by atomic mass is 10.1. The molecular weight excluding hydrogens is 335 g/mol. The van der Waals surface area contributed by atoms with Crippen molar-refractivity contribution in [1.29, 1.82) is 0 Å². The average molecular weight is 351 g/mol. The van der Waals surface area contributed by atoms with Crippen molar-refractivity contribution in [3.05, 3.63) is 64.4 Å². The largest absolute Gasteiger partial charge is 0.452 e. The maximum atomic E-state index is 13.4. The number of nitrogens with two attached hydrogens (primary N) is 1. The molecule has 0 aromatic heterocycles. The van der Waals surface area contributed by atoms with Crippen LogP contribution in [0.1, 0.15) is 15.9 Å². The minimum absolute atomic E-state index is 0.0988. The number of ether oxygens (including phenoxy) is 1. The average Bonchev–Trinajstić information content (AvgIpc) is 2.56. The monoisotopic (exact) mass is 350 g/mol. The maximum Gasteiger partial charge on any atom is 0.340 e. The van der Waals surface area contributed by atoms with Crippen LogP contribution in [0.15, 0.2) is 42.5 Å². The Morgan fingerprint density at radius 3 is 2.71 bits per heavy atom. The Morgan fingerprint density at radius 2 is 1.96 bits per heavy atom. The summed E-state index contributed by atoms with van der Waals surface area (Å²) in [5.74, 6) is -1.55. The highest BCUT2D eigenvalue weighted by molar-refractivity contribution is 6.31.